The van der Waals surface area contributed by atoms with Crippen LogP contribution in [0.15, 0.2) is 42.5 Å². The van der Waals surface area contributed by atoms with Crippen LogP contribution in [0.5, 0.6) is 5.75 Å². The van der Waals surface area contributed by atoms with E-state index in [9.17, 15) is 5.26 Å². The van der Waals surface area contributed by atoms with Crippen LogP contribution in [0.4, 0.5) is 5.69 Å². The van der Waals surface area contributed by atoms with Gasteiger partial charge < -0.3 is 19.8 Å². The lowest BCUT2D eigenvalue weighted by Gasteiger charge is -2.26. The SMILES string of the molecule is CCCS.CCn1c(-c2ccc(N)cc2)c(C#N)c2ccc(OCCCN3CCOCC3)cc21. The van der Waals surface area contributed by atoms with Crippen molar-refractivity contribution >= 4 is 29.2 Å². The normalized spacial score (nSPS) is 13.8. The molecule has 1 fully saturated rings. The number of thiol groups is 1. The predicted molar refractivity (Wildman–Crippen MR) is 144 cm³/mol. The summed E-state index contributed by atoms with van der Waals surface area (Å²) in [6, 6.07) is 16.1. The summed E-state index contributed by atoms with van der Waals surface area (Å²) in [6.45, 7) is 10.3. The molecule has 0 spiro atoms. The molecule has 0 aliphatic carbocycles. The van der Waals surface area contributed by atoms with Crippen LogP contribution in [0.2, 0.25) is 0 Å². The van der Waals surface area contributed by atoms with E-state index in [1.165, 1.54) is 6.42 Å². The first kappa shape index (κ1) is 26.0. The molecular formula is C27H36N4O2S. The van der Waals surface area contributed by atoms with Crippen molar-refractivity contribution in [2.75, 3.05) is 50.9 Å². The highest BCUT2D eigenvalue weighted by molar-refractivity contribution is 7.80. The second-order valence-corrected chi connectivity index (χ2v) is 8.71. The zero-order valence-electron chi connectivity index (χ0n) is 20.3. The van der Waals surface area contributed by atoms with Crippen molar-refractivity contribution in [2.24, 2.45) is 0 Å². The van der Waals surface area contributed by atoms with Gasteiger partial charge in [0.15, 0.2) is 0 Å². The molecule has 3 aromatic rings. The lowest BCUT2D eigenvalue weighted by atomic mass is 10.1. The molecule has 0 bridgehead atoms. The first-order valence-electron chi connectivity index (χ1n) is 12.1. The topological polar surface area (TPSA) is 76.4 Å². The van der Waals surface area contributed by atoms with Gasteiger partial charge in [0, 0.05) is 43.3 Å². The van der Waals surface area contributed by atoms with E-state index in [1.54, 1.807) is 0 Å². The molecule has 34 heavy (non-hydrogen) atoms. The summed E-state index contributed by atoms with van der Waals surface area (Å²) in [5.41, 5.74) is 10.2. The average molecular weight is 481 g/mol. The number of nitrogens with zero attached hydrogens (tertiary/aromatic N) is 3. The molecule has 6 nitrogen and oxygen atoms in total. The molecule has 1 saturated heterocycles. The van der Waals surface area contributed by atoms with E-state index in [1.807, 2.05) is 36.4 Å². The van der Waals surface area contributed by atoms with Gasteiger partial charge in [-0.25, -0.2) is 0 Å². The van der Waals surface area contributed by atoms with Crippen molar-refractivity contribution in [1.29, 1.82) is 5.26 Å². The molecule has 0 unspecified atom stereocenters. The van der Waals surface area contributed by atoms with Gasteiger partial charge in [-0.1, -0.05) is 19.1 Å². The maximum Gasteiger partial charge on any atom is 0.121 e. The maximum atomic E-state index is 9.87. The number of rotatable bonds is 8. The molecule has 0 radical (unpaired) electrons. The Hall–Kier alpha value is -2.66. The van der Waals surface area contributed by atoms with Crippen LogP contribution in [0, 0.1) is 11.3 Å². The van der Waals surface area contributed by atoms with E-state index in [0.29, 0.717) is 17.9 Å². The fourth-order valence-electron chi connectivity index (χ4n) is 4.10. The summed E-state index contributed by atoms with van der Waals surface area (Å²) >= 11 is 3.92. The molecule has 1 aliphatic rings. The number of morpholine rings is 1. The molecule has 0 saturated carbocycles. The lowest BCUT2D eigenvalue weighted by Crippen LogP contribution is -2.37. The highest BCUT2D eigenvalue weighted by Crippen LogP contribution is 2.35. The Kier molecular flexibility index (Phi) is 10.1. The highest BCUT2D eigenvalue weighted by Gasteiger charge is 2.18. The minimum absolute atomic E-state index is 0.672. The molecule has 1 aromatic heterocycles. The van der Waals surface area contributed by atoms with E-state index in [4.69, 9.17) is 15.2 Å². The zero-order chi connectivity index (χ0) is 24.3. The standard InChI is InChI=1S/C24H28N4O2.C3H8S/c1-2-28-23-16-20(30-13-3-10-27-11-14-29-15-12-27)8-9-21(23)22(17-25)24(28)18-4-6-19(26)7-5-18;1-2-3-4/h4-9,16H,2-3,10-15,26H2,1H3;4H,2-3H2,1H3. The molecular weight excluding hydrogens is 444 g/mol. The fourth-order valence-corrected chi connectivity index (χ4v) is 4.10. The van der Waals surface area contributed by atoms with Crippen molar-refractivity contribution in [3.63, 3.8) is 0 Å². The molecule has 0 atom stereocenters. The Labute approximate surface area is 208 Å². The fraction of sp³-hybridized carbons (Fsp3) is 0.444. The van der Waals surface area contributed by atoms with E-state index in [0.717, 1.165) is 79.5 Å². The van der Waals surface area contributed by atoms with Gasteiger partial charge in [0.25, 0.3) is 0 Å². The lowest BCUT2D eigenvalue weighted by molar-refractivity contribution is 0.0358. The number of aromatic nitrogens is 1. The van der Waals surface area contributed by atoms with E-state index >= 15 is 0 Å². The largest absolute Gasteiger partial charge is 0.493 e. The molecule has 0 amide bonds. The first-order chi connectivity index (χ1) is 16.6. The van der Waals surface area contributed by atoms with Crippen LogP contribution >= 0.6 is 12.6 Å². The third-order valence-corrected chi connectivity index (χ3v) is 6.31. The van der Waals surface area contributed by atoms with Crippen molar-refractivity contribution in [3.8, 4) is 23.1 Å². The third kappa shape index (κ3) is 6.47. The number of nitriles is 1. The summed E-state index contributed by atoms with van der Waals surface area (Å²) in [5.74, 6) is 1.85. The van der Waals surface area contributed by atoms with Gasteiger partial charge in [0.1, 0.15) is 11.8 Å². The Bertz CT molecular complexity index is 1080. The Morgan fingerprint density at radius 1 is 1.12 bits per heavy atom. The van der Waals surface area contributed by atoms with Crippen LogP contribution in [-0.2, 0) is 11.3 Å². The summed E-state index contributed by atoms with van der Waals surface area (Å²) in [7, 11) is 0. The Balaban J connectivity index is 0.000000751. The highest BCUT2D eigenvalue weighted by atomic mass is 32.1. The Morgan fingerprint density at radius 3 is 2.44 bits per heavy atom. The van der Waals surface area contributed by atoms with Gasteiger partial charge in [0.2, 0.25) is 0 Å². The van der Waals surface area contributed by atoms with Crippen LogP contribution in [-0.4, -0.2) is 54.7 Å². The molecule has 7 heteroatoms. The van der Waals surface area contributed by atoms with Gasteiger partial charge in [-0.2, -0.15) is 17.9 Å². The minimum atomic E-state index is 0.672. The Morgan fingerprint density at radius 2 is 1.82 bits per heavy atom. The maximum absolute atomic E-state index is 9.87. The molecule has 1 aliphatic heterocycles. The number of nitrogens with two attached hydrogens (primary N) is 1. The van der Waals surface area contributed by atoms with Crippen molar-refractivity contribution < 1.29 is 9.47 Å². The van der Waals surface area contributed by atoms with Gasteiger partial charge in [-0.15, -0.1) is 0 Å². The van der Waals surface area contributed by atoms with Crippen LogP contribution in [0.1, 0.15) is 32.3 Å². The van der Waals surface area contributed by atoms with Gasteiger partial charge in [0.05, 0.1) is 36.6 Å². The van der Waals surface area contributed by atoms with Crippen LogP contribution in [0.25, 0.3) is 22.2 Å². The van der Waals surface area contributed by atoms with Gasteiger partial charge in [-0.05, 0) is 55.3 Å². The molecule has 2 N–H and O–H groups in total. The molecule has 2 heterocycles. The van der Waals surface area contributed by atoms with E-state index in [2.05, 4.69) is 48.1 Å². The van der Waals surface area contributed by atoms with Crippen LogP contribution < -0.4 is 10.5 Å². The van der Waals surface area contributed by atoms with Crippen molar-refractivity contribution in [1.82, 2.24) is 9.47 Å². The molecule has 2 aromatic carbocycles. The number of aryl methyl sites for hydroxylation is 1. The predicted octanol–water partition coefficient (Wildman–Crippen LogP) is 5.21. The quantitative estimate of drug-likeness (QED) is 0.263. The van der Waals surface area contributed by atoms with Gasteiger partial charge >= 0.3 is 0 Å². The number of nitrogen functional groups attached to an aromatic ring is 1. The number of anilines is 1. The first-order valence-corrected chi connectivity index (χ1v) is 12.7. The molecule has 4 rings (SSSR count). The van der Waals surface area contributed by atoms with Crippen LogP contribution in [0.3, 0.4) is 0 Å². The van der Waals surface area contributed by atoms with E-state index < -0.39 is 0 Å². The number of ether oxygens (including phenoxy) is 2. The number of hydrogen-bond acceptors (Lipinski definition) is 6. The number of hydrogen-bond donors (Lipinski definition) is 2. The monoisotopic (exact) mass is 480 g/mol. The van der Waals surface area contributed by atoms with Gasteiger partial charge in [-0.3, -0.25) is 4.90 Å². The minimum Gasteiger partial charge on any atom is -0.493 e. The summed E-state index contributed by atoms with van der Waals surface area (Å²) in [5, 5.41) is 10.8. The number of fused-ring (bicyclic) bond motifs is 1. The molecule has 182 valence electrons. The number of benzene rings is 2. The second kappa shape index (κ2) is 13.3. The third-order valence-electron chi connectivity index (χ3n) is 5.86. The van der Waals surface area contributed by atoms with Crippen molar-refractivity contribution in [3.05, 3.63) is 48.0 Å². The second-order valence-electron chi connectivity index (χ2n) is 8.26. The van der Waals surface area contributed by atoms with Crippen molar-refractivity contribution in [2.45, 2.75) is 33.2 Å². The summed E-state index contributed by atoms with van der Waals surface area (Å²) in [6.07, 6.45) is 2.16. The summed E-state index contributed by atoms with van der Waals surface area (Å²) < 4.78 is 13.6. The van der Waals surface area contributed by atoms with E-state index in [-0.39, 0.29) is 0 Å². The smallest absolute Gasteiger partial charge is 0.121 e. The average Bonchev–Trinajstić information content (AvgIpc) is 3.20. The summed E-state index contributed by atoms with van der Waals surface area (Å²) in [4.78, 5) is 2.41. The zero-order valence-corrected chi connectivity index (χ0v) is 21.2.